The number of rotatable bonds is 3. The lowest BCUT2D eigenvalue weighted by Crippen LogP contribution is -3.16. The summed E-state index contributed by atoms with van der Waals surface area (Å²) in [6.45, 7) is 3.64. The summed E-state index contributed by atoms with van der Waals surface area (Å²) in [5, 5.41) is 2.90. The Hall–Kier alpha value is -1.79. The van der Waals surface area contributed by atoms with Crippen LogP contribution in [0.5, 0.6) is 0 Å². The third-order valence-corrected chi connectivity index (χ3v) is 3.72. The highest BCUT2D eigenvalue weighted by atomic mass is 35.5. The molecule has 1 saturated heterocycles. The molecule has 0 atom stereocenters. The van der Waals surface area contributed by atoms with Crippen molar-refractivity contribution in [2.75, 3.05) is 44.7 Å². The first-order valence-electron chi connectivity index (χ1n) is 6.80. The first kappa shape index (κ1) is 15.6. The number of piperazine rings is 1. The van der Waals surface area contributed by atoms with E-state index in [2.05, 4.69) is 15.0 Å². The van der Waals surface area contributed by atoms with E-state index in [-0.39, 0.29) is 12.5 Å². The Bertz CT molecular complexity index is 516. The molecule has 6 nitrogen and oxygen atoms in total. The van der Waals surface area contributed by atoms with Crippen molar-refractivity contribution in [2.24, 2.45) is 0 Å². The van der Waals surface area contributed by atoms with E-state index in [9.17, 15) is 9.59 Å². The zero-order valence-electron chi connectivity index (χ0n) is 11.9. The Kier molecular flexibility index (Phi) is 5.41. The number of halogens is 1. The van der Waals surface area contributed by atoms with Crippen LogP contribution in [0.2, 0.25) is 5.02 Å². The minimum atomic E-state index is -0.711. The average molecular weight is 313 g/mol. The fraction of sp³-hybridized carbons (Fsp3) is 0.429. The highest BCUT2D eigenvalue weighted by molar-refractivity contribution is 6.30. The van der Waals surface area contributed by atoms with Crippen LogP contribution in [0.3, 0.4) is 0 Å². The van der Waals surface area contributed by atoms with Gasteiger partial charge in [-0.2, -0.15) is 0 Å². The van der Waals surface area contributed by atoms with E-state index in [1.54, 1.807) is 0 Å². The van der Waals surface area contributed by atoms with Crippen LogP contribution in [-0.4, -0.2) is 51.8 Å². The molecule has 2 rings (SSSR count). The Morgan fingerprint density at radius 1 is 1.38 bits per heavy atom. The predicted octanol–water partition coefficient (Wildman–Crippen LogP) is -0.0725. The van der Waals surface area contributed by atoms with E-state index < -0.39 is 6.09 Å². The highest BCUT2D eigenvalue weighted by Gasteiger charge is 2.23. The average Bonchev–Trinajstić information content (AvgIpc) is 2.47. The molecule has 2 N–H and O–H groups in total. The number of quaternary nitrogens is 1. The lowest BCUT2D eigenvalue weighted by molar-refractivity contribution is -0.892. The van der Waals surface area contributed by atoms with Crippen LogP contribution in [0.15, 0.2) is 24.3 Å². The molecular formula is C14H19ClN3O3+. The minimum Gasteiger partial charge on any atom is -0.453 e. The van der Waals surface area contributed by atoms with Crippen molar-refractivity contribution in [3.63, 3.8) is 0 Å². The standard InChI is InChI=1S/C14H18ClN3O3/c1-21-14(20)16-13(19)10-17-5-7-18(8-6-17)12-4-2-3-11(15)9-12/h2-4,9H,5-8,10H2,1H3,(H,16,19,20)/p+1. The van der Waals surface area contributed by atoms with Gasteiger partial charge >= 0.3 is 6.09 Å². The van der Waals surface area contributed by atoms with Crippen LogP contribution in [0.4, 0.5) is 10.5 Å². The van der Waals surface area contributed by atoms with E-state index in [0.29, 0.717) is 0 Å². The van der Waals surface area contributed by atoms with Crippen molar-refractivity contribution in [3.8, 4) is 0 Å². The smallest absolute Gasteiger partial charge is 0.413 e. The molecule has 0 unspecified atom stereocenters. The highest BCUT2D eigenvalue weighted by Crippen LogP contribution is 2.19. The van der Waals surface area contributed by atoms with Crippen molar-refractivity contribution >= 4 is 29.3 Å². The van der Waals surface area contributed by atoms with Crippen LogP contribution < -0.4 is 15.1 Å². The van der Waals surface area contributed by atoms with Crippen molar-refractivity contribution in [1.82, 2.24) is 5.32 Å². The number of carbonyl (C=O) groups excluding carboxylic acids is 2. The van der Waals surface area contributed by atoms with E-state index in [1.165, 1.54) is 7.11 Å². The molecule has 2 amide bonds. The summed E-state index contributed by atoms with van der Waals surface area (Å²) in [5.41, 5.74) is 1.10. The Labute approximate surface area is 128 Å². The van der Waals surface area contributed by atoms with E-state index in [1.807, 2.05) is 24.3 Å². The second kappa shape index (κ2) is 7.28. The van der Waals surface area contributed by atoms with E-state index in [0.717, 1.165) is 41.8 Å². The first-order chi connectivity index (χ1) is 10.1. The van der Waals surface area contributed by atoms with Gasteiger partial charge in [-0.05, 0) is 18.2 Å². The molecule has 7 heteroatoms. The molecule has 1 aliphatic rings. The fourth-order valence-electron chi connectivity index (χ4n) is 2.37. The predicted molar refractivity (Wildman–Crippen MR) is 79.8 cm³/mol. The maximum absolute atomic E-state index is 11.6. The second-order valence-corrected chi connectivity index (χ2v) is 5.37. The van der Waals surface area contributed by atoms with Gasteiger partial charge < -0.3 is 14.5 Å². The quantitative estimate of drug-likeness (QED) is 0.820. The van der Waals surface area contributed by atoms with Gasteiger partial charge in [0.2, 0.25) is 0 Å². The number of anilines is 1. The molecule has 114 valence electrons. The molecule has 0 aromatic heterocycles. The summed E-state index contributed by atoms with van der Waals surface area (Å²) < 4.78 is 4.40. The summed E-state index contributed by atoms with van der Waals surface area (Å²) in [6, 6.07) is 7.75. The number of hydrogen-bond acceptors (Lipinski definition) is 4. The maximum atomic E-state index is 11.6. The number of amides is 2. The Balaban J connectivity index is 1.80. The van der Waals surface area contributed by atoms with Crippen LogP contribution in [0, 0.1) is 0 Å². The molecule has 0 spiro atoms. The summed E-state index contributed by atoms with van der Waals surface area (Å²) >= 11 is 6.00. The normalized spacial score (nSPS) is 15.6. The number of nitrogens with one attached hydrogen (secondary N) is 2. The van der Waals surface area contributed by atoms with Gasteiger partial charge in [0, 0.05) is 10.7 Å². The molecule has 0 bridgehead atoms. The number of imide groups is 1. The van der Waals surface area contributed by atoms with Gasteiger partial charge in [-0.15, -0.1) is 0 Å². The third-order valence-electron chi connectivity index (χ3n) is 3.48. The molecule has 1 heterocycles. The topological polar surface area (TPSA) is 63.1 Å². The fourth-order valence-corrected chi connectivity index (χ4v) is 2.55. The first-order valence-corrected chi connectivity index (χ1v) is 7.18. The largest absolute Gasteiger partial charge is 0.453 e. The molecule has 1 aliphatic heterocycles. The monoisotopic (exact) mass is 312 g/mol. The number of carbonyl (C=O) groups is 2. The Morgan fingerprint density at radius 3 is 2.71 bits per heavy atom. The third kappa shape index (κ3) is 4.61. The lowest BCUT2D eigenvalue weighted by Gasteiger charge is -2.33. The molecular weight excluding hydrogens is 294 g/mol. The van der Waals surface area contributed by atoms with Gasteiger partial charge in [0.15, 0.2) is 6.54 Å². The molecule has 0 radical (unpaired) electrons. The van der Waals surface area contributed by atoms with Crippen LogP contribution in [-0.2, 0) is 9.53 Å². The number of ether oxygens (including phenoxy) is 1. The Morgan fingerprint density at radius 2 is 2.10 bits per heavy atom. The molecule has 1 fully saturated rings. The maximum Gasteiger partial charge on any atom is 0.413 e. The zero-order chi connectivity index (χ0) is 15.2. The molecule has 0 saturated carbocycles. The van der Waals surface area contributed by atoms with Gasteiger partial charge in [-0.1, -0.05) is 17.7 Å². The van der Waals surface area contributed by atoms with Gasteiger partial charge in [0.1, 0.15) is 0 Å². The number of methoxy groups -OCH3 is 1. The van der Waals surface area contributed by atoms with Gasteiger partial charge in [-0.25, -0.2) is 4.79 Å². The van der Waals surface area contributed by atoms with Crippen molar-refractivity contribution < 1.29 is 19.2 Å². The molecule has 1 aromatic carbocycles. The lowest BCUT2D eigenvalue weighted by atomic mass is 10.2. The van der Waals surface area contributed by atoms with Gasteiger partial charge in [-0.3, -0.25) is 10.1 Å². The van der Waals surface area contributed by atoms with Crippen molar-refractivity contribution in [2.45, 2.75) is 0 Å². The summed E-state index contributed by atoms with van der Waals surface area (Å²) in [6.07, 6.45) is -0.711. The molecule has 0 aliphatic carbocycles. The van der Waals surface area contributed by atoms with Crippen molar-refractivity contribution in [1.29, 1.82) is 0 Å². The SMILES string of the molecule is COC(=O)NC(=O)C[NH+]1CCN(c2cccc(Cl)c2)CC1. The number of alkyl carbamates (subject to hydrolysis) is 1. The van der Waals surface area contributed by atoms with E-state index >= 15 is 0 Å². The van der Waals surface area contributed by atoms with Gasteiger partial charge in [0.25, 0.3) is 5.91 Å². The minimum absolute atomic E-state index is 0.276. The summed E-state index contributed by atoms with van der Waals surface area (Å²) in [4.78, 5) is 26.0. The number of hydrogen-bond donors (Lipinski definition) is 2. The van der Waals surface area contributed by atoms with Crippen LogP contribution >= 0.6 is 11.6 Å². The number of nitrogens with zero attached hydrogens (tertiary/aromatic N) is 1. The van der Waals surface area contributed by atoms with E-state index in [4.69, 9.17) is 11.6 Å². The van der Waals surface area contributed by atoms with Crippen molar-refractivity contribution in [3.05, 3.63) is 29.3 Å². The van der Waals surface area contributed by atoms with Gasteiger partial charge in [0.05, 0.1) is 33.3 Å². The number of benzene rings is 1. The summed E-state index contributed by atoms with van der Waals surface area (Å²) in [5.74, 6) is -0.312. The molecule has 1 aromatic rings. The summed E-state index contributed by atoms with van der Waals surface area (Å²) in [7, 11) is 1.24. The van der Waals surface area contributed by atoms with Crippen LogP contribution in [0.25, 0.3) is 0 Å². The second-order valence-electron chi connectivity index (χ2n) is 4.93. The molecule has 21 heavy (non-hydrogen) atoms. The zero-order valence-corrected chi connectivity index (χ0v) is 12.7. The van der Waals surface area contributed by atoms with Crippen LogP contribution in [0.1, 0.15) is 0 Å².